The van der Waals surface area contributed by atoms with Crippen LogP contribution < -0.4 is 5.73 Å². The highest BCUT2D eigenvalue weighted by atomic mass is 35.5. The SMILES string of the molecule is Cl.Cl.NCc1cnc2n1-c1ccc(Cl)cc1C(c1ccccc1)=NC2. The van der Waals surface area contributed by atoms with Crippen LogP contribution in [0.3, 0.4) is 0 Å². The minimum Gasteiger partial charge on any atom is -0.325 e. The van der Waals surface area contributed by atoms with Crippen molar-refractivity contribution in [2.45, 2.75) is 13.1 Å². The molecule has 0 spiro atoms. The maximum absolute atomic E-state index is 6.25. The van der Waals surface area contributed by atoms with Gasteiger partial charge in [-0.2, -0.15) is 0 Å². The summed E-state index contributed by atoms with van der Waals surface area (Å²) >= 11 is 6.25. The fraction of sp³-hybridized carbons (Fsp3) is 0.111. The lowest BCUT2D eigenvalue weighted by atomic mass is 10.0. The molecular weight excluding hydrogens is 379 g/mol. The number of halogens is 3. The number of aromatic nitrogens is 2. The van der Waals surface area contributed by atoms with Gasteiger partial charge in [-0.05, 0) is 18.2 Å². The van der Waals surface area contributed by atoms with Crippen molar-refractivity contribution in [2.75, 3.05) is 0 Å². The molecule has 1 aliphatic rings. The van der Waals surface area contributed by atoms with E-state index in [1.807, 2.05) is 42.6 Å². The second kappa shape index (κ2) is 8.02. The number of aliphatic imine (C=N–C) groups is 1. The second-order valence-electron chi connectivity index (χ2n) is 5.40. The molecule has 4 nitrogen and oxygen atoms in total. The number of hydrogen-bond donors (Lipinski definition) is 1. The summed E-state index contributed by atoms with van der Waals surface area (Å²) in [6.45, 7) is 0.937. The molecule has 1 aromatic heterocycles. The molecular formula is C18H17Cl3N4. The Morgan fingerprint density at radius 3 is 2.56 bits per heavy atom. The van der Waals surface area contributed by atoms with Crippen LogP contribution in [0, 0.1) is 0 Å². The second-order valence-corrected chi connectivity index (χ2v) is 5.83. The lowest BCUT2D eigenvalue weighted by molar-refractivity contribution is 0.833. The van der Waals surface area contributed by atoms with E-state index in [9.17, 15) is 0 Å². The van der Waals surface area contributed by atoms with E-state index in [4.69, 9.17) is 22.3 Å². The van der Waals surface area contributed by atoms with Gasteiger partial charge in [0.15, 0.2) is 0 Å². The van der Waals surface area contributed by atoms with Crippen LogP contribution in [-0.4, -0.2) is 15.3 Å². The Kier molecular flexibility index (Phi) is 6.25. The van der Waals surface area contributed by atoms with Crippen LogP contribution in [0.2, 0.25) is 5.02 Å². The van der Waals surface area contributed by atoms with Crippen molar-refractivity contribution in [2.24, 2.45) is 10.7 Å². The van der Waals surface area contributed by atoms with Gasteiger partial charge in [-0.1, -0.05) is 41.9 Å². The van der Waals surface area contributed by atoms with E-state index >= 15 is 0 Å². The summed E-state index contributed by atoms with van der Waals surface area (Å²) in [6, 6.07) is 16.0. The molecule has 0 bridgehead atoms. The molecule has 2 aromatic carbocycles. The van der Waals surface area contributed by atoms with Crippen LogP contribution in [0.4, 0.5) is 0 Å². The third kappa shape index (κ3) is 3.44. The summed E-state index contributed by atoms with van der Waals surface area (Å²) in [7, 11) is 0. The van der Waals surface area contributed by atoms with Gasteiger partial charge in [0.05, 0.1) is 29.8 Å². The van der Waals surface area contributed by atoms with E-state index < -0.39 is 0 Å². The first-order chi connectivity index (χ1) is 11.3. The summed E-state index contributed by atoms with van der Waals surface area (Å²) < 4.78 is 2.09. The average molecular weight is 396 g/mol. The molecule has 3 aromatic rings. The highest BCUT2D eigenvalue weighted by Crippen LogP contribution is 2.28. The molecule has 7 heteroatoms. The van der Waals surface area contributed by atoms with Crippen molar-refractivity contribution < 1.29 is 0 Å². The number of nitrogens with two attached hydrogens (primary N) is 1. The van der Waals surface area contributed by atoms with Gasteiger partial charge in [-0.3, -0.25) is 9.56 Å². The fourth-order valence-electron chi connectivity index (χ4n) is 2.95. The molecule has 0 saturated carbocycles. The normalized spacial score (nSPS) is 12.0. The van der Waals surface area contributed by atoms with E-state index in [0.717, 1.165) is 34.0 Å². The first-order valence-electron chi connectivity index (χ1n) is 7.43. The van der Waals surface area contributed by atoms with Crippen LogP contribution in [0.1, 0.15) is 22.6 Å². The van der Waals surface area contributed by atoms with Crippen molar-refractivity contribution in [1.82, 2.24) is 9.55 Å². The quantitative estimate of drug-likeness (QED) is 0.707. The Morgan fingerprint density at radius 2 is 1.84 bits per heavy atom. The van der Waals surface area contributed by atoms with Crippen LogP contribution in [-0.2, 0) is 13.1 Å². The van der Waals surface area contributed by atoms with Crippen LogP contribution in [0.15, 0.2) is 59.7 Å². The predicted octanol–water partition coefficient (Wildman–Crippen LogP) is 4.18. The standard InChI is InChI=1S/C18H15ClN4.2ClH/c19-13-6-7-16-15(8-13)18(12-4-2-1-3-5-12)22-11-17-21-10-14(9-20)23(16)17;;/h1-8,10H,9,11,20H2;2*1H. The van der Waals surface area contributed by atoms with Gasteiger partial charge in [0, 0.05) is 22.7 Å². The van der Waals surface area contributed by atoms with E-state index in [-0.39, 0.29) is 24.8 Å². The average Bonchev–Trinajstić information content (AvgIpc) is 2.92. The molecule has 0 atom stereocenters. The molecule has 4 rings (SSSR count). The highest BCUT2D eigenvalue weighted by molar-refractivity contribution is 6.31. The zero-order valence-electron chi connectivity index (χ0n) is 13.2. The van der Waals surface area contributed by atoms with Gasteiger partial charge >= 0.3 is 0 Å². The maximum Gasteiger partial charge on any atom is 0.135 e. The van der Waals surface area contributed by atoms with Gasteiger partial charge in [0.25, 0.3) is 0 Å². The molecule has 2 heterocycles. The lowest BCUT2D eigenvalue weighted by Crippen LogP contribution is -2.11. The Labute approximate surface area is 163 Å². The summed E-state index contributed by atoms with van der Waals surface area (Å²) in [4.78, 5) is 9.28. The Morgan fingerprint density at radius 1 is 1.08 bits per heavy atom. The smallest absolute Gasteiger partial charge is 0.135 e. The molecule has 0 fully saturated rings. The summed E-state index contributed by atoms with van der Waals surface area (Å²) in [6.07, 6.45) is 1.82. The van der Waals surface area contributed by atoms with Gasteiger partial charge in [-0.15, -0.1) is 24.8 Å². The van der Waals surface area contributed by atoms with Crippen molar-refractivity contribution >= 4 is 42.1 Å². The fourth-order valence-corrected chi connectivity index (χ4v) is 3.12. The number of fused-ring (bicyclic) bond motifs is 3. The van der Waals surface area contributed by atoms with E-state index in [1.165, 1.54) is 0 Å². The van der Waals surface area contributed by atoms with E-state index in [0.29, 0.717) is 18.1 Å². The molecule has 25 heavy (non-hydrogen) atoms. The van der Waals surface area contributed by atoms with Gasteiger partial charge < -0.3 is 5.73 Å². The highest BCUT2D eigenvalue weighted by Gasteiger charge is 2.21. The molecule has 0 saturated heterocycles. The number of imidazole rings is 1. The van der Waals surface area contributed by atoms with Crippen LogP contribution >= 0.6 is 36.4 Å². The lowest BCUT2D eigenvalue weighted by Gasteiger charge is -2.14. The number of hydrogen-bond acceptors (Lipinski definition) is 3. The Bertz CT molecular complexity index is 904. The molecule has 0 aliphatic carbocycles. The number of rotatable bonds is 2. The van der Waals surface area contributed by atoms with E-state index in [2.05, 4.69) is 21.7 Å². The Hall–Kier alpha value is -1.85. The zero-order valence-corrected chi connectivity index (χ0v) is 15.6. The van der Waals surface area contributed by atoms with Crippen molar-refractivity contribution in [1.29, 1.82) is 0 Å². The van der Waals surface area contributed by atoms with Crippen molar-refractivity contribution in [3.63, 3.8) is 0 Å². The first kappa shape index (κ1) is 19.5. The van der Waals surface area contributed by atoms with Crippen molar-refractivity contribution in [3.8, 4) is 5.69 Å². The topological polar surface area (TPSA) is 56.2 Å². The largest absolute Gasteiger partial charge is 0.325 e. The Balaban J connectivity index is 0.00000113. The molecule has 0 amide bonds. The molecule has 130 valence electrons. The number of nitrogens with zero attached hydrogens (tertiary/aromatic N) is 3. The minimum absolute atomic E-state index is 0. The monoisotopic (exact) mass is 394 g/mol. The third-order valence-electron chi connectivity index (χ3n) is 4.00. The van der Waals surface area contributed by atoms with Gasteiger partial charge in [-0.25, -0.2) is 4.98 Å². The van der Waals surface area contributed by atoms with E-state index in [1.54, 1.807) is 0 Å². The summed E-state index contributed by atoms with van der Waals surface area (Å²) in [5, 5.41) is 0.685. The first-order valence-corrected chi connectivity index (χ1v) is 7.81. The van der Waals surface area contributed by atoms with Crippen LogP contribution in [0.5, 0.6) is 0 Å². The minimum atomic E-state index is 0. The molecule has 0 unspecified atom stereocenters. The summed E-state index contributed by atoms with van der Waals surface area (Å²) in [5.41, 5.74) is 10.8. The molecule has 0 radical (unpaired) electrons. The zero-order chi connectivity index (χ0) is 15.8. The molecule has 2 N–H and O–H groups in total. The summed E-state index contributed by atoms with van der Waals surface area (Å²) in [5.74, 6) is 0.889. The van der Waals surface area contributed by atoms with Crippen molar-refractivity contribution in [3.05, 3.63) is 82.4 Å². The third-order valence-corrected chi connectivity index (χ3v) is 4.23. The van der Waals surface area contributed by atoms with Gasteiger partial charge in [0.2, 0.25) is 0 Å². The molecule has 1 aliphatic heterocycles. The number of benzene rings is 2. The van der Waals surface area contributed by atoms with Gasteiger partial charge in [0.1, 0.15) is 5.82 Å². The predicted molar refractivity (Wildman–Crippen MR) is 107 cm³/mol. The maximum atomic E-state index is 6.25. The van der Waals surface area contributed by atoms with Crippen LogP contribution in [0.25, 0.3) is 5.69 Å².